The molecule has 7 heteroatoms. The number of ether oxygens (including phenoxy) is 1. The van der Waals surface area contributed by atoms with E-state index in [-0.39, 0.29) is 23.7 Å². The highest BCUT2D eigenvalue weighted by Gasteiger charge is 2.34. The molecule has 2 N–H and O–H groups in total. The van der Waals surface area contributed by atoms with Gasteiger partial charge in [-0.25, -0.2) is 0 Å². The van der Waals surface area contributed by atoms with E-state index < -0.39 is 23.8 Å². The highest BCUT2D eigenvalue weighted by atomic mass is 32.2. The summed E-state index contributed by atoms with van der Waals surface area (Å²) in [6, 6.07) is 4.42. The van der Waals surface area contributed by atoms with Gasteiger partial charge in [0.1, 0.15) is 0 Å². The monoisotopic (exact) mass is 307 g/mol. The molecular formula is C13H16F3NO2S. The molecule has 0 aromatic heterocycles. The zero-order chi connectivity index (χ0) is 15.2. The average molecular weight is 307 g/mol. The predicted octanol–water partition coefficient (Wildman–Crippen LogP) is 3.00. The lowest BCUT2D eigenvalue weighted by atomic mass is 10.0. The fraction of sp³-hybridized carbons (Fsp3) is 0.462. The first-order valence-corrected chi connectivity index (χ1v) is 7.16. The van der Waals surface area contributed by atoms with Gasteiger partial charge in [0.15, 0.2) is 0 Å². The molecule has 1 atom stereocenters. The van der Waals surface area contributed by atoms with E-state index in [2.05, 4.69) is 0 Å². The first-order valence-electron chi connectivity index (χ1n) is 6.01. The van der Waals surface area contributed by atoms with Crippen molar-refractivity contribution in [2.45, 2.75) is 19.1 Å². The van der Waals surface area contributed by atoms with Crippen LogP contribution < -0.4 is 5.73 Å². The van der Waals surface area contributed by atoms with Crippen molar-refractivity contribution in [3.8, 4) is 0 Å². The summed E-state index contributed by atoms with van der Waals surface area (Å²) in [5, 5.41) is 0. The number of hydrogen-bond donors (Lipinski definition) is 1. The van der Waals surface area contributed by atoms with Crippen LogP contribution in [0.1, 0.15) is 24.1 Å². The molecule has 0 saturated heterocycles. The zero-order valence-electron chi connectivity index (χ0n) is 10.9. The molecule has 0 aliphatic rings. The number of carbonyl (C=O) groups excluding carboxylic acids is 1. The molecule has 0 heterocycles. The number of alkyl halides is 3. The molecule has 1 aromatic carbocycles. The van der Waals surface area contributed by atoms with Crippen LogP contribution in [0.5, 0.6) is 0 Å². The maximum Gasteiger partial charge on any atom is 0.416 e. The molecule has 0 bridgehead atoms. The van der Waals surface area contributed by atoms with Crippen LogP contribution in [0.15, 0.2) is 24.3 Å². The van der Waals surface area contributed by atoms with E-state index in [1.807, 2.05) is 0 Å². The summed E-state index contributed by atoms with van der Waals surface area (Å²) in [6.07, 6.45) is -4.43. The van der Waals surface area contributed by atoms with Crippen LogP contribution in [-0.2, 0) is 15.7 Å². The summed E-state index contributed by atoms with van der Waals surface area (Å²) in [5.41, 5.74) is 5.09. The lowest BCUT2D eigenvalue weighted by Crippen LogP contribution is -2.20. The van der Waals surface area contributed by atoms with Crippen molar-refractivity contribution in [2.75, 3.05) is 18.1 Å². The second-order valence-corrected chi connectivity index (χ2v) is 5.04. The number of hydrogen-bond acceptors (Lipinski definition) is 4. The van der Waals surface area contributed by atoms with E-state index in [1.165, 1.54) is 18.2 Å². The van der Waals surface area contributed by atoms with Crippen LogP contribution in [0.4, 0.5) is 13.2 Å². The number of nitrogens with two attached hydrogens (primary N) is 1. The Labute approximate surface area is 119 Å². The molecule has 1 rings (SSSR count). The van der Waals surface area contributed by atoms with Crippen molar-refractivity contribution in [2.24, 2.45) is 5.73 Å². The summed E-state index contributed by atoms with van der Waals surface area (Å²) >= 11 is 1.16. The Morgan fingerprint density at radius 3 is 2.65 bits per heavy atom. The van der Waals surface area contributed by atoms with Crippen molar-refractivity contribution < 1.29 is 22.7 Å². The number of halogens is 3. The quantitative estimate of drug-likeness (QED) is 0.821. The van der Waals surface area contributed by atoms with Gasteiger partial charge in [0.25, 0.3) is 0 Å². The van der Waals surface area contributed by atoms with Gasteiger partial charge in [-0.15, -0.1) is 11.8 Å². The van der Waals surface area contributed by atoms with Crippen LogP contribution in [0, 0.1) is 0 Å². The maximum atomic E-state index is 12.8. The molecule has 20 heavy (non-hydrogen) atoms. The van der Waals surface area contributed by atoms with Gasteiger partial charge >= 0.3 is 12.1 Å². The SMILES string of the molecule is CCOC(=O)CSCC(N)c1ccccc1C(F)(F)F. The maximum absolute atomic E-state index is 12.8. The van der Waals surface area contributed by atoms with Gasteiger partial charge in [0.05, 0.1) is 17.9 Å². The Bertz CT molecular complexity index is 451. The Morgan fingerprint density at radius 2 is 2.05 bits per heavy atom. The normalized spacial score (nSPS) is 13.1. The van der Waals surface area contributed by atoms with E-state index >= 15 is 0 Å². The fourth-order valence-electron chi connectivity index (χ4n) is 1.64. The Morgan fingerprint density at radius 1 is 1.40 bits per heavy atom. The number of benzene rings is 1. The number of rotatable bonds is 6. The second kappa shape index (κ2) is 7.54. The topological polar surface area (TPSA) is 52.3 Å². The van der Waals surface area contributed by atoms with Gasteiger partial charge in [0, 0.05) is 11.8 Å². The number of thioether (sulfide) groups is 1. The third-order valence-electron chi connectivity index (χ3n) is 2.49. The molecule has 3 nitrogen and oxygen atoms in total. The van der Waals surface area contributed by atoms with Gasteiger partial charge in [-0.1, -0.05) is 18.2 Å². The van der Waals surface area contributed by atoms with Gasteiger partial charge in [-0.05, 0) is 18.6 Å². The molecule has 0 aliphatic carbocycles. The van der Waals surface area contributed by atoms with Crippen LogP contribution in [0.25, 0.3) is 0 Å². The molecule has 0 aliphatic heterocycles. The van der Waals surface area contributed by atoms with Crippen LogP contribution in [0.3, 0.4) is 0 Å². The van der Waals surface area contributed by atoms with Gasteiger partial charge in [0.2, 0.25) is 0 Å². The largest absolute Gasteiger partial charge is 0.465 e. The molecule has 0 radical (unpaired) electrons. The third kappa shape index (κ3) is 5.05. The van der Waals surface area contributed by atoms with Crippen molar-refractivity contribution in [3.63, 3.8) is 0 Å². The Kier molecular flexibility index (Phi) is 6.35. The number of esters is 1. The standard InChI is InChI=1S/C13H16F3NO2S/c1-2-19-12(18)8-20-7-11(17)9-5-3-4-6-10(9)13(14,15)16/h3-6,11H,2,7-8,17H2,1H3. The van der Waals surface area contributed by atoms with Gasteiger partial charge in [-0.2, -0.15) is 13.2 Å². The van der Waals surface area contributed by atoms with E-state index in [9.17, 15) is 18.0 Å². The van der Waals surface area contributed by atoms with E-state index in [1.54, 1.807) is 6.92 Å². The van der Waals surface area contributed by atoms with E-state index in [0.717, 1.165) is 17.8 Å². The summed E-state index contributed by atoms with van der Waals surface area (Å²) in [6.45, 7) is 1.97. The molecule has 0 saturated carbocycles. The first kappa shape index (κ1) is 16.8. The molecule has 112 valence electrons. The first-order chi connectivity index (χ1) is 9.36. The van der Waals surface area contributed by atoms with E-state index in [0.29, 0.717) is 0 Å². The van der Waals surface area contributed by atoms with Gasteiger partial charge in [-0.3, -0.25) is 4.79 Å². The summed E-state index contributed by atoms with van der Waals surface area (Å²) in [5.74, 6) is -0.101. The smallest absolute Gasteiger partial charge is 0.416 e. The zero-order valence-corrected chi connectivity index (χ0v) is 11.8. The Balaban J connectivity index is 2.64. The molecule has 0 fully saturated rings. The van der Waals surface area contributed by atoms with Crippen LogP contribution >= 0.6 is 11.8 Å². The summed E-state index contributed by atoms with van der Waals surface area (Å²) < 4.78 is 43.2. The lowest BCUT2D eigenvalue weighted by Gasteiger charge is -2.17. The van der Waals surface area contributed by atoms with Crippen molar-refractivity contribution in [3.05, 3.63) is 35.4 Å². The highest BCUT2D eigenvalue weighted by molar-refractivity contribution is 7.99. The lowest BCUT2D eigenvalue weighted by molar-refractivity contribution is -0.140. The van der Waals surface area contributed by atoms with Crippen LogP contribution in [-0.4, -0.2) is 24.1 Å². The summed E-state index contributed by atoms with van der Waals surface area (Å²) in [7, 11) is 0. The highest BCUT2D eigenvalue weighted by Crippen LogP contribution is 2.34. The average Bonchev–Trinajstić information content (AvgIpc) is 2.38. The molecule has 1 aromatic rings. The third-order valence-corrected chi connectivity index (χ3v) is 3.52. The van der Waals surface area contributed by atoms with Gasteiger partial charge < -0.3 is 10.5 Å². The Hall–Kier alpha value is -1.21. The minimum atomic E-state index is -4.43. The summed E-state index contributed by atoms with van der Waals surface area (Å²) in [4.78, 5) is 11.1. The second-order valence-electron chi connectivity index (χ2n) is 4.01. The molecular weight excluding hydrogens is 291 g/mol. The minimum Gasteiger partial charge on any atom is -0.465 e. The predicted molar refractivity (Wildman–Crippen MR) is 72.3 cm³/mol. The minimum absolute atomic E-state index is 0.0383. The fourth-order valence-corrected chi connectivity index (χ4v) is 2.44. The van der Waals surface area contributed by atoms with Crippen molar-refractivity contribution in [1.82, 2.24) is 0 Å². The van der Waals surface area contributed by atoms with Crippen LogP contribution in [0.2, 0.25) is 0 Å². The number of carbonyl (C=O) groups is 1. The van der Waals surface area contributed by atoms with E-state index in [4.69, 9.17) is 10.5 Å². The van der Waals surface area contributed by atoms with Crippen molar-refractivity contribution >= 4 is 17.7 Å². The molecule has 1 unspecified atom stereocenters. The molecule has 0 spiro atoms. The van der Waals surface area contributed by atoms with Crippen molar-refractivity contribution in [1.29, 1.82) is 0 Å². The molecule has 0 amide bonds.